The van der Waals surface area contributed by atoms with Crippen LogP contribution in [-0.2, 0) is 4.74 Å². The van der Waals surface area contributed by atoms with Crippen LogP contribution in [0.25, 0.3) is 0 Å². The summed E-state index contributed by atoms with van der Waals surface area (Å²) in [5, 5.41) is 2.83. The third kappa shape index (κ3) is 3.24. The van der Waals surface area contributed by atoms with E-state index in [-0.39, 0.29) is 6.61 Å². The highest BCUT2D eigenvalue weighted by molar-refractivity contribution is 5.78. The summed E-state index contributed by atoms with van der Waals surface area (Å²) < 4.78 is 10.5. The first kappa shape index (κ1) is 15.7. The molecular weight excluding hydrogens is 310 g/mol. The second-order valence-electron chi connectivity index (χ2n) is 5.05. The largest absolute Gasteiger partial charge is 0.457 e. The van der Waals surface area contributed by atoms with E-state index in [4.69, 9.17) is 4.74 Å². The Balaban J connectivity index is 1.78. The molecule has 0 aliphatic carbocycles. The van der Waals surface area contributed by atoms with Gasteiger partial charge >= 0.3 is 12.1 Å². The number of nitrogens with one attached hydrogen (secondary N) is 3. The molecule has 7 nitrogen and oxygen atoms in total. The molecule has 0 aromatic heterocycles. The van der Waals surface area contributed by atoms with Gasteiger partial charge in [-0.15, -0.1) is 0 Å². The van der Waals surface area contributed by atoms with Crippen LogP contribution in [0.2, 0.25) is 0 Å². The molecule has 0 spiro atoms. The Kier molecular flexibility index (Phi) is 4.51. The molecule has 0 bridgehead atoms. The number of fused-ring (bicyclic) bond motifs is 2. The first-order valence-corrected chi connectivity index (χ1v) is 7.54. The van der Waals surface area contributed by atoms with E-state index in [0.29, 0.717) is 11.5 Å². The van der Waals surface area contributed by atoms with Crippen molar-refractivity contribution in [1.29, 1.82) is 0 Å². The van der Waals surface area contributed by atoms with Gasteiger partial charge < -0.3 is 14.8 Å². The SMILES string of the molecule is CCOC(=O)NNC(=O)NC1c2ccccc2Oc2ccccc21. The monoisotopic (exact) mass is 327 g/mol. The number of benzene rings is 2. The number of urea groups is 1. The number of amides is 3. The van der Waals surface area contributed by atoms with E-state index in [1.54, 1.807) is 6.92 Å². The molecule has 3 N–H and O–H groups in total. The minimum absolute atomic E-state index is 0.218. The highest BCUT2D eigenvalue weighted by atomic mass is 16.6. The molecule has 0 saturated heterocycles. The Hall–Kier alpha value is -3.22. The van der Waals surface area contributed by atoms with Crippen LogP contribution in [-0.4, -0.2) is 18.7 Å². The second kappa shape index (κ2) is 6.91. The van der Waals surface area contributed by atoms with E-state index < -0.39 is 18.2 Å². The zero-order valence-electron chi connectivity index (χ0n) is 13.0. The summed E-state index contributed by atoms with van der Waals surface area (Å²) in [7, 11) is 0. The predicted molar refractivity (Wildman–Crippen MR) is 86.6 cm³/mol. The number of hydrogen-bond donors (Lipinski definition) is 3. The lowest BCUT2D eigenvalue weighted by atomic mass is 9.95. The molecule has 2 aromatic carbocycles. The summed E-state index contributed by atoms with van der Waals surface area (Å²) in [6.45, 7) is 1.89. The second-order valence-corrected chi connectivity index (χ2v) is 5.05. The Morgan fingerprint density at radius 3 is 2.17 bits per heavy atom. The quantitative estimate of drug-likeness (QED) is 0.740. The van der Waals surface area contributed by atoms with E-state index in [2.05, 4.69) is 20.9 Å². The summed E-state index contributed by atoms with van der Waals surface area (Å²) in [5.41, 5.74) is 6.10. The standard InChI is InChI=1S/C17H17N3O4/c1-2-23-17(22)20-19-16(21)18-15-11-7-3-5-9-13(11)24-14-10-6-4-8-12(14)15/h3-10,15H,2H2,1H3,(H,20,22)(H2,18,19,21). The van der Waals surface area contributed by atoms with Crippen molar-refractivity contribution >= 4 is 12.1 Å². The van der Waals surface area contributed by atoms with Gasteiger partial charge in [0, 0.05) is 11.1 Å². The molecule has 2 aromatic rings. The number of rotatable bonds is 2. The number of carbonyl (C=O) groups excluding carboxylic acids is 2. The molecule has 3 amide bonds. The third-order valence-electron chi connectivity index (χ3n) is 3.51. The Morgan fingerprint density at radius 2 is 1.58 bits per heavy atom. The number of hydrogen-bond acceptors (Lipinski definition) is 4. The number of carbonyl (C=O) groups is 2. The van der Waals surface area contributed by atoms with E-state index in [1.807, 2.05) is 48.5 Å². The van der Waals surface area contributed by atoms with Gasteiger partial charge in [0.2, 0.25) is 0 Å². The molecule has 24 heavy (non-hydrogen) atoms. The molecule has 1 aliphatic rings. The van der Waals surface area contributed by atoms with Crippen LogP contribution in [0.5, 0.6) is 11.5 Å². The number of para-hydroxylation sites is 2. The van der Waals surface area contributed by atoms with Gasteiger partial charge in [0.05, 0.1) is 12.6 Å². The van der Waals surface area contributed by atoms with Crippen molar-refractivity contribution < 1.29 is 19.1 Å². The van der Waals surface area contributed by atoms with Gasteiger partial charge in [-0.2, -0.15) is 0 Å². The Morgan fingerprint density at radius 1 is 1.00 bits per heavy atom. The lowest BCUT2D eigenvalue weighted by Gasteiger charge is -2.28. The van der Waals surface area contributed by atoms with Crippen molar-refractivity contribution in [1.82, 2.24) is 16.2 Å². The molecule has 0 saturated carbocycles. The van der Waals surface area contributed by atoms with Crippen molar-refractivity contribution in [2.75, 3.05) is 6.61 Å². The molecule has 0 radical (unpaired) electrons. The minimum atomic E-state index is -0.722. The molecule has 0 atom stereocenters. The molecule has 0 fully saturated rings. The maximum atomic E-state index is 12.1. The smallest absolute Gasteiger partial charge is 0.426 e. The predicted octanol–water partition coefficient (Wildman–Crippen LogP) is 2.84. The third-order valence-corrected chi connectivity index (χ3v) is 3.51. The zero-order chi connectivity index (χ0) is 16.9. The normalized spacial score (nSPS) is 12.2. The zero-order valence-corrected chi connectivity index (χ0v) is 13.0. The lowest BCUT2D eigenvalue weighted by molar-refractivity contribution is 0.147. The molecule has 0 unspecified atom stereocenters. The topological polar surface area (TPSA) is 88.7 Å². The highest BCUT2D eigenvalue weighted by Crippen LogP contribution is 2.42. The summed E-state index contributed by atoms with van der Waals surface area (Å²) in [5.74, 6) is 1.36. The van der Waals surface area contributed by atoms with Gasteiger partial charge in [-0.05, 0) is 19.1 Å². The van der Waals surface area contributed by atoms with E-state index >= 15 is 0 Å². The van der Waals surface area contributed by atoms with E-state index in [9.17, 15) is 9.59 Å². The average molecular weight is 327 g/mol. The molecule has 1 heterocycles. The molecule has 124 valence electrons. The molecule has 7 heteroatoms. The molecule has 1 aliphatic heterocycles. The summed E-state index contributed by atoms with van der Waals surface area (Å²) >= 11 is 0. The number of hydrazine groups is 1. The van der Waals surface area contributed by atoms with Gasteiger partial charge in [-0.25, -0.2) is 20.4 Å². The van der Waals surface area contributed by atoms with Crippen LogP contribution in [0.4, 0.5) is 9.59 Å². The van der Waals surface area contributed by atoms with Crippen molar-refractivity contribution in [3.63, 3.8) is 0 Å². The molecule has 3 rings (SSSR count). The van der Waals surface area contributed by atoms with Gasteiger partial charge in [-0.3, -0.25) is 0 Å². The van der Waals surface area contributed by atoms with Crippen molar-refractivity contribution in [3.8, 4) is 11.5 Å². The van der Waals surface area contributed by atoms with Gasteiger partial charge in [0.15, 0.2) is 0 Å². The maximum Gasteiger partial charge on any atom is 0.426 e. The van der Waals surface area contributed by atoms with E-state index in [0.717, 1.165) is 11.1 Å². The fraction of sp³-hybridized carbons (Fsp3) is 0.176. The first-order chi connectivity index (χ1) is 11.7. The fourth-order valence-corrected chi connectivity index (χ4v) is 2.51. The van der Waals surface area contributed by atoms with Crippen molar-refractivity contribution in [3.05, 3.63) is 59.7 Å². The van der Waals surface area contributed by atoms with Crippen molar-refractivity contribution in [2.24, 2.45) is 0 Å². The van der Waals surface area contributed by atoms with Gasteiger partial charge in [0.25, 0.3) is 0 Å². The Bertz CT molecular complexity index is 718. The maximum absolute atomic E-state index is 12.1. The number of ether oxygens (including phenoxy) is 2. The van der Waals surface area contributed by atoms with Crippen LogP contribution >= 0.6 is 0 Å². The van der Waals surface area contributed by atoms with Crippen LogP contribution in [0, 0.1) is 0 Å². The average Bonchev–Trinajstić information content (AvgIpc) is 2.60. The van der Waals surface area contributed by atoms with Crippen LogP contribution in [0.3, 0.4) is 0 Å². The fourth-order valence-electron chi connectivity index (χ4n) is 2.51. The van der Waals surface area contributed by atoms with Crippen molar-refractivity contribution in [2.45, 2.75) is 13.0 Å². The Labute approximate surface area is 138 Å². The van der Waals surface area contributed by atoms with Crippen LogP contribution in [0.1, 0.15) is 24.1 Å². The summed E-state index contributed by atoms with van der Waals surface area (Å²) in [6.07, 6.45) is -0.722. The summed E-state index contributed by atoms with van der Waals surface area (Å²) in [4.78, 5) is 23.3. The first-order valence-electron chi connectivity index (χ1n) is 7.54. The molecular formula is C17H17N3O4. The van der Waals surface area contributed by atoms with Crippen LogP contribution in [0.15, 0.2) is 48.5 Å². The summed E-state index contributed by atoms with van der Waals surface area (Å²) in [6, 6.07) is 14.0. The van der Waals surface area contributed by atoms with Gasteiger partial charge in [0.1, 0.15) is 11.5 Å². The van der Waals surface area contributed by atoms with Crippen LogP contribution < -0.4 is 20.9 Å². The highest BCUT2D eigenvalue weighted by Gasteiger charge is 2.28. The minimum Gasteiger partial charge on any atom is -0.457 e. The lowest BCUT2D eigenvalue weighted by Crippen LogP contribution is -2.48. The van der Waals surface area contributed by atoms with E-state index in [1.165, 1.54) is 0 Å². The van der Waals surface area contributed by atoms with Gasteiger partial charge in [-0.1, -0.05) is 36.4 Å².